The molecule has 2 N–H and O–H groups in total. The number of hydrogen-bond acceptors (Lipinski definition) is 6. The molecule has 0 aromatic carbocycles. The van der Waals surface area contributed by atoms with Crippen molar-refractivity contribution in [3.63, 3.8) is 0 Å². The van der Waals surface area contributed by atoms with Gasteiger partial charge in [-0.05, 0) is 20.8 Å². The minimum atomic E-state index is -4.00. The van der Waals surface area contributed by atoms with Gasteiger partial charge in [-0.3, -0.25) is 0 Å². The van der Waals surface area contributed by atoms with E-state index >= 15 is 0 Å². The number of amides is 1. The maximum atomic E-state index is 11.8. The monoisotopic (exact) mass is 310 g/mol. The van der Waals surface area contributed by atoms with Crippen molar-refractivity contribution >= 4 is 22.3 Å². The molecule has 0 spiro atoms. The average molecular weight is 310 g/mol. The van der Waals surface area contributed by atoms with E-state index in [4.69, 9.17) is 9.84 Å². The summed E-state index contributed by atoms with van der Waals surface area (Å²) >= 11 is 0. The third-order valence-corrected chi connectivity index (χ3v) is 3.82. The van der Waals surface area contributed by atoms with E-state index in [-0.39, 0.29) is 13.1 Å². The summed E-state index contributed by atoms with van der Waals surface area (Å²) in [6, 6.07) is 0. The van der Waals surface area contributed by atoms with Crippen LogP contribution in [0.3, 0.4) is 0 Å². The molecule has 0 bridgehead atoms. The SMILES string of the molecule is CC(C)OC(=O)NS(=O)(=O)N1CC(C)(OCC(=O)O)C1. The summed E-state index contributed by atoms with van der Waals surface area (Å²) in [5.74, 6) is -1.13. The lowest BCUT2D eigenvalue weighted by molar-refractivity contribution is -0.157. The Labute approximate surface area is 117 Å². The number of aliphatic carboxylic acids is 1. The van der Waals surface area contributed by atoms with E-state index in [1.165, 1.54) is 0 Å². The van der Waals surface area contributed by atoms with E-state index < -0.39 is 40.6 Å². The fourth-order valence-electron chi connectivity index (χ4n) is 1.60. The standard InChI is InChI=1S/C10H18N2O7S/c1-7(2)19-9(15)11-20(16,17)12-5-10(3,6-12)18-4-8(13)14/h7H,4-6H2,1-3H3,(H,11,15)(H,13,14). The fraction of sp³-hybridized carbons (Fsp3) is 0.800. The van der Waals surface area contributed by atoms with Crippen LogP contribution in [-0.2, 0) is 24.5 Å². The van der Waals surface area contributed by atoms with E-state index in [1.807, 2.05) is 0 Å². The van der Waals surface area contributed by atoms with Crippen molar-refractivity contribution in [2.24, 2.45) is 0 Å². The molecule has 1 amide bonds. The van der Waals surface area contributed by atoms with Crippen molar-refractivity contribution in [1.82, 2.24) is 9.03 Å². The van der Waals surface area contributed by atoms with Crippen LogP contribution in [0.25, 0.3) is 0 Å². The summed E-state index contributed by atoms with van der Waals surface area (Å²) in [5, 5.41) is 8.49. The second kappa shape index (κ2) is 5.94. The molecule has 9 nitrogen and oxygen atoms in total. The molecule has 1 aliphatic heterocycles. The van der Waals surface area contributed by atoms with Crippen molar-refractivity contribution in [1.29, 1.82) is 0 Å². The van der Waals surface area contributed by atoms with Crippen molar-refractivity contribution in [2.45, 2.75) is 32.5 Å². The zero-order valence-electron chi connectivity index (χ0n) is 11.5. The Balaban J connectivity index is 2.49. The molecule has 1 saturated heterocycles. The maximum absolute atomic E-state index is 11.8. The van der Waals surface area contributed by atoms with Crippen LogP contribution in [0.2, 0.25) is 0 Å². The molecule has 0 atom stereocenters. The Morgan fingerprint density at radius 2 is 1.95 bits per heavy atom. The number of hydrogen-bond donors (Lipinski definition) is 2. The van der Waals surface area contributed by atoms with Gasteiger partial charge in [-0.2, -0.15) is 12.7 Å². The zero-order chi connectivity index (χ0) is 15.6. The molecule has 1 fully saturated rings. The van der Waals surface area contributed by atoms with Crippen LogP contribution >= 0.6 is 0 Å². The number of carboxylic acids is 1. The molecule has 0 unspecified atom stereocenters. The van der Waals surface area contributed by atoms with E-state index in [0.29, 0.717) is 0 Å². The summed E-state index contributed by atoms with van der Waals surface area (Å²) in [6.07, 6.45) is -1.49. The van der Waals surface area contributed by atoms with E-state index in [1.54, 1.807) is 25.5 Å². The van der Waals surface area contributed by atoms with Gasteiger partial charge in [-0.15, -0.1) is 0 Å². The van der Waals surface area contributed by atoms with Gasteiger partial charge in [0.05, 0.1) is 11.7 Å². The molecule has 0 saturated carbocycles. The summed E-state index contributed by atoms with van der Waals surface area (Å²) < 4.78 is 36.0. The van der Waals surface area contributed by atoms with E-state index in [9.17, 15) is 18.0 Å². The quantitative estimate of drug-likeness (QED) is 0.680. The number of ether oxygens (including phenoxy) is 2. The molecule has 1 heterocycles. The molecule has 0 aromatic rings. The highest BCUT2D eigenvalue weighted by atomic mass is 32.2. The second-order valence-electron chi connectivity index (χ2n) is 4.96. The number of nitrogens with one attached hydrogen (secondary N) is 1. The number of carbonyl (C=O) groups is 2. The molecule has 0 aromatic heterocycles. The van der Waals surface area contributed by atoms with E-state index in [0.717, 1.165) is 4.31 Å². The van der Waals surface area contributed by atoms with Gasteiger partial charge < -0.3 is 14.6 Å². The topological polar surface area (TPSA) is 122 Å². The molecular weight excluding hydrogens is 292 g/mol. The van der Waals surface area contributed by atoms with Gasteiger partial charge in [0.15, 0.2) is 0 Å². The van der Waals surface area contributed by atoms with Crippen molar-refractivity contribution in [3.05, 3.63) is 0 Å². The molecular formula is C10H18N2O7S. The number of rotatable bonds is 6. The first-order valence-electron chi connectivity index (χ1n) is 5.88. The van der Waals surface area contributed by atoms with Crippen LogP contribution in [0.15, 0.2) is 0 Å². The molecule has 1 rings (SSSR count). The Morgan fingerprint density at radius 1 is 1.40 bits per heavy atom. The number of nitrogens with zero attached hydrogens (tertiary/aromatic N) is 1. The molecule has 0 aliphatic carbocycles. The van der Waals surface area contributed by atoms with Crippen LogP contribution in [0, 0.1) is 0 Å². The van der Waals surface area contributed by atoms with Gasteiger partial charge in [0.2, 0.25) is 0 Å². The Hall–Kier alpha value is -1.39. The fourth-order valence-corrected chi connectivity index (χ4v) is 2.88. The van der Waals surface area contributed by atoms with Crippen LogP contribution < -0.4 is 4.72 Å². The Morgan fingerprint density at radius 3 is 2.40 bits per heavy atom. The van der Waals surface area contributed by atoms with E-state index in [2.05, 4.69) is 4.74 Å². The average Bonchev–Trinajstić information content (AvgIpc) is 2.20. The lowest BCUT2D eigenvalue weighted by atomic mass is 10.0. The van der Waals surface area contributed by atoms with Crippen LogP contribution in [-0.4, -0.2) is 61.3 Å². The minimum absolute atomic E-state index is 0.0371. The molecule has 116 valence electrons. The molecule has 20 heavy (non-hydrogen) atoms. The summed E-state index contributed by atoms with van der Waals surface area (Å²) in [4.78, 5) is 21.6. The van der Waals surface area contributed by atoms with Gasteiger partial charge in [-0.25, -0.2) is 14.3 Å². The van der Waals surface area contributed by atoms with Gasteiger partial charge in [0.25, 0.3) is 0 Å². The van der Waals surface area contributed by atoms with Crippen LogP contribution in [0.1, 0.15) is 20.8 Å². The van der Waals surface area contributed by atoms with Gasteiger partial charge in [0.1, 0.15) is 6.61 Å². The Kier molecular flexibility index (Phi) is 4.95. The summed E-state index contributed by atoms with van der Waals surface area (Å²) in [5.41, 5.74) is -0.866. The second-order valence-corrected chi connectivity index (χ2v) is 6.63. The highest BCUT2D eigenvalue weighted by Crippen LogP contribution is 2.26. The van der Waals surface area contributed by atoms with Crippen LogP contribution in [0.4, 0.5) is 4.79 Å². The molecule has 0 radical (unpaired) electrons. The number of carbonyl (C=O) groups excluding carboxylic acids is 1. The molecule has 1 aliphatic rings. The lowest BCUT2D eigenvalue weighted by Gasteiger charge is -2.45. The summed E-state index contributed by atoms with van der Waals surface area (Å²) in [7, 11) is -4.00. The third-order valence-electron chi connectivity index (χ3n) is 2.46. The minimum Gasteiger partial charge on any atom is -0.480 e. The van der Waals surface area contributed by atoms with Gasteiger partial charge >= 0.3 is 22.3 Å². The number of carboxylic acid groups (broad SMARTS) is 1. The maximum Gasteiger partial charge on any atom is 0.422 e. The normalized spacial score (nSPS) is 18.4. The van der Waals surface area contributed by atoms with Crippen molar-refractivity contribution in [2.75, 3.05) is 19.7 Å². The summed E-state index contributed by atoms with van der Waals surface area (Å²) in [6.45, 7) is 4.19. The largest absolute Gasteiger partial charge is 0.480 e. The predicted molar refractivity (Wildman–Crippen MR) is 67.2 cm³/mol. The van der Waals surface area contributed by atoms with Crippen molar-refractivity contribution < 1.29 is 32.6 Å². The van der Waals surface area contributed by atoms with Gasteiger partial charge in [0, 0.05) is 13.1 Å². The zero-order valence-corrected chi connectivity index (χ0v) is 12.3. The Bertz CT molecular complexity index is 482. The highest BCUT2D eigenvalue weighted by molar-refractivity contribution is 7.87. The predicted octanol–water partition coefficient (Wildman–Crippen LogP) is -0.459. The lowest BCUT2D eigenvalue weighted by Crippen LogP contribution is -2.65. The first-order valence-corrected chi connectivity index (χ1v) is 7.32. The first kappa shape index (κ1) is 16.7. The first-order chi connectivity index (χ1) is 9.04. The van der Waals surface area contributed by atoms with Crippen molar-refractivity contribution in [3.8, 4) is 0 Å². The molecule has 10 heteroatoms. The highest BCUT2D eigenvalue weighted by Gasteiger charge is 2.46. The van der Waals surface area contributed by atoms with Gasteiger partial charge in [-0.1, -0.05) is 0 Å². The van der Waals surface area contributed by atoms with Crippen LogP contribution in [0.5, 0.6) is 0 Å². The third kappa shape index (κ3) is 4.62. The smallest absolute Gasteiger partial charge is 0.422 e.